The quantitative estimate of drug-likeness (QED) is 0.883. The number of ether oxygens (including phenoxy) is 1. The summed E-state index contributed by atoms with van der Waals surface area (Å²) in [5, 5.41) is 2.61. The molecule has 1 N–H and O–H groups in total. The number of carbonyl (C=O) groups excluding carboxylic acids is 1. The van der Waals surface area contributed by atoms with Crippen LogP contribution in [0.25, 0.3) is 11.3 Å². The van der Waals surface area contributed by atoms with Crippen LogP contribution >= 0.6 is 0 Å². The second-order valence-electron chi connectivity index (χ2n) is 3.29. The summed E-state index contributed by atoms with van der Waals surface area (Å²) in [5.41, 5.74) is 1.57. The molecule has 0 unspecified atom stereocenters. The number of carbonyl (C=O) groups is 1. The van der Waals surface area contributed by atoms with Crippen molar-refractivity contribution in [1.29, 1.82) is 0 Å². The number of oxazole rings is 1. The predicted molar refractivity (Wildman–Crippen MR) is 62.6 cm³/mol. The molecule has 0 fully saturated rings. The fraction of sp³-hybridized carbons (Fsp3) is 0.167. The summed E-state index contributed by atoms with van der Waals surface area (Å²) >= 11 is 0. The molecule has 17 heavy (non-hydrogen) atoms. The monoisotopic (exact) mass is 232 g/mol. The summed E-state index contributed by atoms with van der Waals surface area (Å²) in [6.07, 6.45) is 2.55. The van der Waals surface area contributed by atoms with Gasteiger partial charge in [0.2, 0.25) is 0 Å². The fourth-order valence-electron chi connectivity index (χ4n) is 1.36. The van der Waals surface area contributed by atoms with Crippen molar-refractivity contribution in [3.63, 3.8) is 0 Å². The Kier molecular flexibility index (Phi) is 3.40. The predicted octanol–water partition coefficient (Wildman–Crippen LogP) is 2.91. The van der Waals surface area contributed by atoms with Gasteiger partial charge in [-0.05, 0) is 31.2 Å². The number of nitrogens with one attached hydrogen (secondary N) is 1. The lowest BCUT2D eigenvalue weighted by Crippen LogP contribution is -2.12. The molecule has 0 saturated heterocycles. The molecular formula is C12H12N2O3. The van der Waals surface area contributed by atoms with Crippen molar-refractivity contribution in [1.82, 2.24) is 4.98 Å². The first-order valence-electron chi connectivity index (χ1n) is 5.22. The lowest BCUT2D eigenvalue weighted by atomic mass is 10.2. The first-order valence-corrected chi connectivity index (χ1v) is 5.22. The fourth-order valence-corrected chi connectivity index (χ4v) is 1.36. The second kappa shape index (κ2) is 5.16. The molecule has 0 radical (unpaired) electrons. The van der Waals surface area contributed by atoms with Crippen molar-refractivity contribution in [2.45, 2.75) is 6.92 Å². The Bertz CT molecular complexity index is 477. The highest BCUT2D eigenvalue weighted by Gasteiger charge is 2.03. The largest absolute Gasteiger partial charge is 0.450 e. The third-order valence-corrected chi connectivity index (χ3v) is 2.12. The standard InChI is InChI=1S/C12H12N2O3/c1-2-16-12(15)14-10-5-3-9(4-6-10)11-7-13-8-17-11/h3-8H,2H2,1H3,(H,14,15). The summed E-state index contributed by atoms with van der Waals surface area (Å²) in [6.45, 7) is 2.11. The highest BCUT2D eigenvalue weighted by atomic mass is 16.5. The lowest BCUT2D eigenvalue weighted by Gasteiger charge is -2.05. The molecule has 88 valence electrons. The van der Waals surface area contributed by atoms with Gasteiger partial charge >= 0.3 is 6.09 Å². The van der Waals surface area contributed by atoms with Crippen LogP contribution in [0.3, 0.4) is 0 Å². The third kappa shape index (κ3) is 2.84. The molecule has 0 bridgehead atoms. The molecule has 2 aromatic rings. The van der Waals surface area contributed by atoms with Crippen LogP contribution in [-0.2, 0) is 4.74 Å². The van der Waals surface area contributed by atoms with E-state index in [1.54, 1.807) is 25.3 Å². The number of rotatable bonds is 3. The summed E-state index contributed by atoms with van der Waals surface area (Å²) in [5.74, 6) is 0.688. The Morgan fingerprint density at radius 3 is 2.76 bits per heavy atom. The molecule has 0 atom stereocenters. The number of hydrogen-bond donors (Lipinski definition) is 1. The number of amides is 1. The van der Waals surface area contributed by atoms with E-state index in [0.29, 0.717) is 18.1 Å². The van der Waals surface area contributed by atoms with Crippen LogP contribution in [0.2, 0.25) is 0 Å². The van der Waals surface area contributed by atoms with Crippen LogP contribution in [0, 0.1) is 0 Å². The van der Waals surface area contributed by atoms with E-state index in [4.69, 9.17) is 9.15 Å². The average Bonchev–Trinajstić information content (AvgIpc) is 2.84. The Hall–Kier alpha value is -2.30. The van der Waals surface area contributed by atoms with Crippen LogP contribution in [0.15, 0.2) is 41.3 Å². The van der Waals surface area contributed by atoms with Gasteiger partial charge in [-0.3, -0.25) is 5.32 Å². The minimum Gasteiger partial charge on any atom is -0.450 e. The molecule has 0 aliphatic heterocycles. The van der Waals surface area contributed by atoms with Crippen molar-refractivity contribution in [2.75, 3.05) is 11.9 Å². The third-order valence-electron chi connectivity index (χ3n) is 2.12. The van der Waals surface area contributed by atoms with E-state index >= 15 is 0 Å². The molecule has 5 nitrogen and oxygen atoms in total. The molecule has 0 aliphatic rings. The minimum atomic E-state index is -0.458. The minimum absolute atomic E-state index is 0.349. The van der Waals surface area contributed by atoms with Crippen molar-refractivity contribution >= 4 is 11.8 Å². The van der Waals surface area contributed by atoms with E-state index in [1.807, 2.05) is 12.1 Å². The maximum absolute atomic E-state index is 11.2. The zero-order chi connectivity index (χ0) is 12.1. The number of hydrogen-bond acceptors (Lipinski definition) is 4. The van der Waals surface area contributed by atoms with Gasteiger partial charge in [-0.1, -0.05) is 0 Å². The Balaban J connectivity index is 2.06. The summed E-state index contributed by atoms with van der Waals surface area (Å²) < 4.78 is 9.93. The van der Waals surface area contributed by atoms with Crippen LogP contribution < -0.4 is 5.32 Å². The zero-order valence-electron chi connectivity index (χ0n) is 9.34. The Labute approximate surface area is 98.4 Å². The molecule has 0 saturated carbocycles. The number of nitrogens with zero attached hydrogens (tertiary/aromatic N) is 1. The van der Waals surface area contributed by atoms with E-state index in [9.17, 15) is 4.79 Å². The second-order valence-corrected chi connectivity index (χ2v) is 3.29. The van der Waals surface area contributed by atoms with Crippen molar-refractivity contribution in [3.05, 3.63) is 36.9 Å². The van der Waals surface area contributed by atoms with Crippen molar-refractivity contribution < 1.29 is 13.9 Å². The average molecular weight is 232 g/mol. The van der Waals surface area contributed by atoms with Crippen LogP contribution in [0.4, 0.5) is 10.5 Å². The lowest BCUT2D eigenvalue weighted by molar-refractivity contribution is 0.168. The Morgan fingerprint density at radius 2 is 2.18 bits per heavy atom. The molecule has 1 amide bonds. The van der Waals surface area contributed by atoms with Gasteiger partial charge in [-0.25, -0.2) is 9.78 Å². The smallest absolute Gasteiger partial charge is 0.411 e. The molecule has 1 aromatic carbocycles. The topological polar surface area (TPSA) is 64.4 Å². The Morgan fingerprint density at radius 1 is 1.41 bits per heavy atom. The van der Waals surface area contributed by atoms with E-state index in [-0.39, 0.29) is 0 Å². The first kappa shape index (κ1) is 11.2. The van der Waals surface area contributed by atoms with Crippen molar-refractivity contribution in [3.8, 4) is 11.3 Å². The van der Waals surface area contributed by atoms with Gasteiger partial charge in [0.05, 0.1) is 12.8 Å². The summed E-state index contributed by atoms with van der Waals surface area (Å²) in [7, 11) is 0. The first-order chi connectivity index (χ1) is 8.29. The highest BCUT2D eigenvalue weighted by Crippen LogP contribution is 2.20. The molecular weight excluding hydrogens is 220 g/mol. The SMILES string of the molecule is CCOC(=O)Nc1ccc(-c2cnco2)cc1. The maximum Gasteiger partial charge on any atom is 0.411 e. The molecule has 2 rings (SSSR count). The zero-order valence-corrected chi connectivity index (χ0v) is 9.34. The van der Waals surface area contributed by atoms with Crippen LogP contribution in [-0.4, -0.2) is 17.7 Å². The van der Waals surface area contributed by atoms with E-state index in [2.05, 4.69) is 10.3 Å². The van der Waals surface area contributed by atoms with Gasteiger partial charge in [-0.2, -0.15) is 0 Å². The molecule has 1 aromatic heterocycles. The van der Waals surface area contributed by atoms with Gasteiger partial charge in [0.15, 0.2) is 12.2 Å². The van der Waals surface area contributed by atoms with Gasteiger partial charge in [-0.15, -0.1) is 0 Å². The van der Waals surface area contributed by atoms with Gasteiger partial charge < -0.3 is 9.15 Å². The summed E-state index contributed by atoms with van der Waals surface area (Å²) in [4.78, 5) is 15.0. The normalized spacial score (nSPS) is 9.94. The molecule has 1 heterocycles. The van der Waals surface area contributed by atoms with Gasteiger partial charge in [0.25, 0.3) is 0 Å². The van der Waals surface area contributed by atoms with E-state index < -0.39 is 6.09 Å². The number of anilines is 1. The van der Waals surface area contributed by atoms with E-state index in [1.165, 1.54) is 6.39 Å². The molecule has 0 spiro atoms. The van der Waals surface area contributed by atoms with Crippen LogP contribution in [0.1, 0.15) is 6.92 Å². The maximum atomic E-state index is 11.2. The summed E-state index contributed by atoms with van der Waals surface area (Å²) in [6, 6.07) is 7.22. The van der Waals surface area contributed by atoms with E-state index in [0.717, 1.165) is 5.56 Å². The van der Waals surface area contributed by atoms with Crippen molar-refractivity contribution in [2.24, 2.45) is 0 Å². The van der Waals surface area contributed by atoms with Crippen LogP contribution in [0.5, 0.6) is 0 Å². The number of benzene rings is 1. The number of aromatic nitrogens is 1. The highest BCUT2D eigenvalue weighted by molar-refractivity contribution is 5.84. The van der Waals surface area contributed by atoms with Gasteiger partial charge in [0.1, 0.15) is 0 Å². The van der Waals surface area contributed by atoms with Gasteiger partial charge in [0, 0.05) is 11.3 Å². The molecule has 0 aliphatic carbocycles. The molecule has 5 heteroatoms.